The Morgan fingerprint density at radius 2 is 2.11 bits per heavy atom. The molecule has 6 heteroatoms. The summed E-state index contributed by atoms with van der Waals surface area (Å²) in [6, 6.07) is -0.735. The normalized spacial score (nSPS) is 22.8. The summed E-state index contributed by atoms with van der Waals surface area (Å²) >= 11 is 0. The molecule has 2 heterocycles. The van der Waals surface area contributed by atoms with Crippen molar-refractivity contribution in [3.8, 4) is 0 Å². The molecule has 2 aliphatic rings. The van der Waals surface area contributed by atoms with Crippen LogP contribution in [0.25, 0.3) is 0 Å². The Kier molecular flexibility index (Phi) is 2.80. The summed E-state index contributed by atoms with van der Waals surface area (Å²) in [5, 5.41) is 9.11. The van der Waals surface area contributed by atoms with E-state index in [-0.39, 0.29) is 11.7 Å². The van der Waals surface area contributed by atoms with Gasteiger partial charge in [-0.2, -0.15) is 0 Å². The average molecular weight is 264 g/mol. The molecule has 1 atom stereocenters. The second kappa shape index (κ2) is 4.36. The van der Waals surface area contributed by atoms with E-state index >= 15 is 0 Å². The lowest BCUT2D eigenvalue weighted by Gasteiger charge is -2.20. The highest BCUT2D eigenvalue weighted by molar-refractivity contribution is 5.95. The van der Waals surface area contributed by atoms with Gasteiger partial charge in [-0.25, -0.2) is 9.78 Å². The van der Waals surface area contributed by atoms with Crippen LogP contribution < -0.4 is 0 Å². The van der Waals surface area contributed by atoms with E-state index in [1.165, 1.54) is 4.90 Å². The Bertz CT molecular complexity index is 533. The first-order valence-corrected chi connectivity index (χ1v) is 6.59. The van der Waals surface area contributed by atoms with E-state index < -0.39 is 12.0 Å². The van der Waals surface area contributed by atoms with Crippen LogP contribution in [-0.4, -0.2) is 39.5 Å². The van der Waals surface area contributed by atoms with E-state index in [0.29, 0.717) is 36.9 Å². The molecule has 1 saturated heterocycles. The molecule has 0 radical (unpaired) electrons. The van der Waals surface area contributed by atoms with E-state index in [1.807, 2.05) is 0 Å². The fourth-order valence-electron chi connectivity index (χ4n) is 2.52. The highest BCUT2D eigenvalue weighted by Gasteiger charge is 2.38. The van der Waals surface area contributed by atoms with E-state index in [2.05, 4.69) is 4.98 Å². The second-order valence-electron chi connectivity index (χ2n) is 5.24. The SMILES string of the molecule is Cc1nc(C2CC2)oc1C(=O)N1CCC[C@@H]1C(=O)O. The number of likely N-dealkylation sites (tertiary alicyclic amines) is 1. The van der Waals surface area contributed by atoms with Crippen LogP contribution in [0.1, 0.15) is 53.7 Å². The maximum absolute atomic E-state index is 12.4. The zero-order chi connectivity index (χ0) is 13.6. The summed E-state index contributed by atoms with van der Waals surface area (Å²) in [7, 11) is 0. The van der Waals surface area contributed by atoms with Gasteiger partial charge in [-0.15, -0.1) is 0 Å². The van der Waals surface area contributed by atoms with Gasteiger partial charge in [0.2, 0.25) is 5.76 Å². The van der Waals surface area contributed by atoms with E-state index in [0.717, 1.165) is 12.8 Å². The smallest absolute Gasteiger partial charge is 0.326 e. The largest absolute Gasteiger partial charge is 0.480 e. The van der Waals surface area contributed by atoms with Crippen molar-refractivity contribution in [2.24, 2.45) is 0 Å². The number of hydrogen-bond acceptors (Lipinski definition) is 4. The minimum absolute atomic E-state index is 0.204. The van der Waals surface area contributed by atoms with Gasteiger partial charge in [0.05, 0.1) is 5.69 Å². The topological polar surface area (TPSA) is 83.6 Å². The number of rotatable bonds is 3. The predicted octanol–water partition coefficient (Wildman–Crippen LogP) is 1.55. The van der Waals surface area contributed by atoms with Crippen molar-refractivity contribution in [1.29, 1.82) is 0 Å². The zero-order valence-electron chi connectivity index (χ0n) is 10.8. The molecule has 102 valence electrons. The molecule has 0 aromatic carbocycles. The highest BCUT2D eigenvalue weighted by atomic mass is 16.4. The van der Waals surface area contributed by atoms with Crippen molar-refractivity contribution in [2.45, 2.75) is 44.6 Å². The van der Waals surface area contributed by atoms with Gasteiger partial charge < -0.3 is 14.4 Å². The molecule has 1 amide bonds. The first-order chi connectivity index (χ1) is 9.08. The van der Waals surface area contributed by atoms with Crippen LogP contribution in [-0.2, 0) is 4.79 Å². The summed E-state index contributed by atoms with van der Waals surface area (Å²) in [6.07, 6.45) is 3.32. The number of amides is 1. The first kappa shape index (κ1) is 12.2. The van der Waals surface area contributed by atoms with Gasteiger partial charge in [0.15, 0.2) is 5.89 Å². The number of carbonyl (C=O) groups excluding carboxylic acids is 1. The molecule has 1 aromatic heterocycles. The van der Waals surface area contributed by atoms with Crippen molar-refractivity contribution in [3.05, 3.63) is 17.3 Å². The molecule has 0 spiro atoms. The third kappa shape index (κ3) is 2.11. The van der Waals surface area contributed by atoms with Gasteiger partial charge >= 0.3 is 5.97 Å². The van der Waals surface area contributed by atoms with Crippen molar-refractivity contribution in [1.82, 2.24) is 9.88 Å². The lowest BCUT2D eigenvalue weighted by Crippen LogP contribution is -2.40. The molecular weight excluding hydrogens is 248 g/mol. The summed E-state index contributed by atoms with van der Waals surface area (Å²) < 4.78 is 5.55. The Hall–Kier alpha value is -1.85. The van der Waals surface area contributed by atoms with Gasteiger partial charge in [-0.05, 0) is 32.6 Å². The number of hydrogen-bond donors (Lipinski definition) is 1. The molecule has 1 aliphatic heterocycles. The maximum Gasteiger partial charge on any atom is 0.326 e. The van der Waals surface area contributed by atoms with E-state index in [1.54, 1.807) is 6.92 Å². The zero-order valence-corrected chi connectivity index (χ0v) is 10.8. The third-order valence-corrected chi connectivity index (χ3v) is 3.73. The number of carboxylic acid groups (broad SMARTS) is 1. The molecule has 2 fully saturated rings. The van der Waals surface area contributed by atoms with Crippen molar-refractivity contribution in [3.63, 3.8) is 0 Å². The molecule has 1 saturated carbocycles. The van der Waals surface area contributed by atoms with Gasteiger partial charge in [-0.3, -0.25) is 4.79 Å². The number of aliphatic carboxylic acids is 1. The lowest BCUT2D eigenvalue weighted by molar-refractivity contribution is -0.141. The average Bonchev–Trinajstić information content (AvgIpc) is 2.96. The van der Waals surface area contributed by atoms with Crippen LogP contribution in [0.4, 0.5) is 0 Å². The van der Waals surface area contributed by atoms with Crippen molar-refractivity contribution < 1.29 is 19.1 Å². The molecule has 1 aromatic rings. The predicted molar refractivity (Wildman–Crippen MR) is 64.9 cm³/mol. The summed E-state index contributed by atoms with van der Waals surface area (Å²) in [5.41, 5.74) is 0.558. The minimum Gasteiger partial charge on any atom is -0.480 e. The Morgan fingerprint density at radius 3 is 2.74 bits per heavy atom. The quantitative estimate of drug-likeness (QED) is 0.895. The number of aromatic nitrogens is 1. The first-order valence-electron chi connectivity index (χ1n) is 6.59. The Morgan fingerprint density at radius 1 is 1.37 bits per heavy atom. The number of carbonyl (C=O) groups is 2. The third-order valence-electron chi connectivity index (χ3n) is 3.73. The number of nitrogens with zero attached hydrogens (tertiary/aromatic N) is 2. The van der Waals surface area contributed by atoms with E-state index in [9.17, 15) is 9.59 Å². The van der Waals surface area contributed by atoms with Crippen LogP contribution in [0.2, 0.25) is 0 Å². The standard InChI is InChI=1S/C13H16N2O4/c1-7-10(19-11(14-7)8-4-5-8)12(16)15-6-2-3-9(15)13(17)18/h8-9H,2-6H2,1H3,(H,17,18)/t9-/m1/s1. The monoisotopic (exact) mass is 264 g/mol. The van der Waals surface area contributed by atoms with Gasteiger partial charge in [-0.1, -0.05) is 0 Å². The van der Waals surface area contributed by atoms with Crippen molar-refractivity contribution >= 4 is 11.9 Å². The number of aryl methyl sites for hydroxylation is 1. The number of oxazole rings is 1. The molecule has 1 N–H and O–H groups in total. The molecule has 1 aliphatic carbocycles. The fraction of sp³-hybridized carbons (Fsp3) is 0.615. The number of carboxylic acids is 1. The fourth-order valence-corrected chi connectivity index (χ4v) is 2.52. The van der Waals surface area contributed by atoms with Crippen LogP contribution in [0.3, 0.4) is 0 Å². The summed E-state index contributed by atoms with van der Waals surface area (Å²) in [6.45, 7) is 2.20. The lowest BCUT2D eigenvalue weighted by atomic mass is 10.2. The van der Waals surface area contributed by atoms with Crippen LogP contribution in [0.15, 0.2) is 4.42 Å². The summed E-state index contributed by atoms with van der Waals surface area (Å²) in [4.78, 5) is 29.1. The van der Waals surface area contributed by atoms with Gasteiger partial charge in [0, 0.05) is 12.5 Å². The van der Waals surface area contributed by atoms with E-state index in [4.69, 9.17) is 9.52 Å². The summed E-state index contributed by atoms with van der Waals surface area (Å²) in [5.74, 6) is -0.136. The molecule has 6 nitrogen and oxygen atoms in total. The molecular formula is C13H16N2O4. The minimum atomic E-state index is -0.953. The molecule has 19 heavy (non-hydrogen) atoms. The van der Waals surface area contributed by atoms with Crippen molar-refractivity contribution in [2.75, 3.05) is 6.54 Å². The second-order valence-corrected chi connectivity index (χ2v) is 5.24. The maximum atomic E-state index is 12.4. The van der Waals surface area contributed by atoms with Crippen LogP contribution >= 0.6 is 0 Å². The highest BCUT2D eigenvalue weighted by Crippen LogP contribution is 2.40. The Balaban J connectivity index is 1.84. The molecule has 0 unspecified atom stereocenters. The Labute approximate surface area is 110 Å². The van der Waals surface area contributed by atoms with Gasteiger partial charge in [0.25, 0.3) is 5.91 Å². The van der Waals surface area contributed by atoms with Gasteiger partial charge in [0.1, 0.15) is 6.04 Å². The van der Waals surface area contributed by atoms with Crippen LogP contribution in [0, 0.1) is 6.92 Å². The molecule has 0 bridgehead atoms. The molecule has 3 rings (SSSR count). The van der Waals surface area contributed by atoms with Crippen LogP contribution in [0.5, 0.6) is 0 Å².